The van der Waals surface area contributed by atoms with Crippen molar-refractivity contribution in [2.24, 2.45) is 0 Å². The molecule has 1 atom stereocenters. The number of likely N-dealkylation sites (tertiary alicyclic amines) is 2. The van der Waals surface area contributed by atoms with Gasteiger partial charge in [0, 0.05) is 31.2 Å². The Hall–Kier alpha value is -3.82. The number of rotatable bonds is 7. The van der Waals surface area contributed by atoms with Crippen molar-refractivity contribution in [3.05, 3.63) is 42.1 Å². The van der Waals surface area contributed by atoms with Gasteiger partial charge in [-0.25, -0.2) is 0 Å². The van der Waals surface area contributed by atoms with E-state index in [-0.39, 0.29) is 19.0 Å². The van der Waals surface area contributed by atoms with Gasteiger partial charge in [0.1, 0.15) is 6.04 Å². The number of nitrogens with zero attached hydrogens (tertiary/aromatic N) is 3. The maximum Gasteiger partial charge on any atom is 0.290 e. The van der Waals surface area contributed by atoms with Crippen molar-refractivity contribution < 1.29 is 24.0 Å². The van der Waals surface area contributed by atoms with Crippen LogP contribution in [0.4, 0.5) is 0 Å². The Labute approximate surface area is 196 Å². The molecular formula is C24H27N5O5. The largest absolute Gasteiger partial charge is 0.343 e. The highest BCUT2D eigenvalue weighted by Crippen LogP contribution is 2.19. The number of carbonyl (C=O) groups is 5. The number of benzene rings is 1. The Morgan fingerprint density at radius 3 is 2.41 bits per heavy atom. The Kier molecular flexibility index (Phi) is 7.15. The van der Waals surface area contributed by atoms with Gasteiger partial charge in [0.2, 0.25) is 17.6 Å². The van der Waals surface area contributed by atoms with Gasteiger partial charge >= 0.3 is 0 Å². The monoisotopic (exact) mass is 465 g/mol. The topological polar surface area (TPSA) is 129 Å². The lowest BCUT2D eigenvalue weighted by molar-refractivity contribution is -0.144. The summed E-state index contributed by atoms with van der Waals surface area (Å²) in [5, 5.41) is 5.67. The number of Topliss-reactive ketones (excluding diaryl/α,β-unsaturated/α-hetero) is 1. The number of pyridine rings is 1. The molecule has 1 aromatic heterocycles. The van der Waals surface area contributed by atoms with Crippen LogP contribution in [0, 0.1) is 0 Å². The molecule has 4 rings (SSSR count). The molecule has 0 unspecified atom stereocenters. The fraction of sp³-hybridized carbons (Fsp3) is 0.417. The standard InChI is InChI=1S/C24H27N5O5/c30-20(28-11-3-4-12-28)14-27-24(34)22(32)19-8-5-13-29(19)21(31)15-26-23(33)17-9-10-25-18-7-2-1-6-16(17)18/h1-2,6-7,9-10,19H,3-5,8,11-15H2,(H,26,33)(H,27,34)/t19-/m0/s1. The summed E-state index contributed by atoms with van der Waals surface area (Å²) in [6.07, 6.45) is 4.34. The zero-order chi connectivity index (χ0) is 24.1. The Bertz CT molecular complexity index is 1120. The van der Waals surface area contributed by atoms with Gasteiger partial charge in [0.25, 0.3) is 11.8 Å². The zero-order valence-corrected chi connectivity index (χ0v) is 18.8. The first-order chi connectivity index (χ1) is 16.5. The maximum absolute atomic E-state index is 12.8. The van der Waals surface area contributed by atoms with E-state index in [4.69, 9.17) is 0 Å². The van der Waals surface area contributed by atoms with E-state index in [2.05, 4.69) is 15.6 Å². The first kappa shape index (κ1) is 23.3. The highest BCUT2D eigenvalue weighted by atomic mass is 16.2. The third kappa shape index (κ3) is 5.05. The van der Waals surface area contributed by atoms with Crippen LogP contribution in [0.15, 0.2) is 36.5 Å². The molecule has 4 amide bonds. The van der Waals surface area contributed by atoms with Crippen LogP contribution in [0.25, 0.3) is 10.9 Å². The third-order valence-corrected chi connectivity index (χ3v) is 6.25. The number of aromatic nitrogens is 1. The summed E-state index contributed by atoms with van der Waals surface area (Å²) in [7, 11) is 0. The highest BCUT2D eigenvalue weighted by molar-refractivity contribution is 6.38. The van der Waals surface area contributed by atoms with E-state index in [1.54, 1.807) is 29.2 Å². The Balaban J connectivity index is 1.31. The van der Waals surface area contributed by atoms with Gasteiger partial charge in [-0.15, -0.1) is 0 Å². The van der Waals surface area contributed by atoms with Crippen LogP contribution in [-0.2, 0) is 19.2 Å². The van der Waals surface area contributed by atoms with Gasteiger partial charge in [-0.3, -0.25) is 29.0 Å². The first-order valence-corrected chi connectivity index (χ1v) is 11.5. The van der Waals surface area contributed by atoms with Gasteiger partial charge in [0.15, 0.2) is 0 Å². The smallest absolute Gasteiger partial charge is 0.290 e. The minimum absolute atomic E-state index is 0.218. The molecule has 3 heterocycles. The molecule has 2 N–H and O–H groups in total. The molecule has 10 nitrogen and oxygen atoms in total. The molecule has 0 radical (unpaired) electrons. The van der Waals surface area contributed by atoms with Crippen LogP contribution >= 0.6 is 0 Å². The molecule has 2 fully saturated rings. The van der Waals surface area contributed by atoms with Crippen molar-refractivity contribution in [2.75, 3.05) is 32.7 Å². The van der Waals surface area contributed by atoms with Crippen LogP contribution in [0.3, 0.4) is 0 Å². The molecule has 34 heavy (non-hydrogen) atoms. The molecule has 2 aromatic rings. The second-order valence-corrected chi connectivity index (χ2v) is 8.44. The van der Waals surface area contributed by atoms with Crippen LogP contribution in [-0.4, -0.2) is 83.0 Å². The summed E-state index contributed by atoms with van der Waals surface area (Å²) in [5.74, 6) is -2.70. The van der Waals surface area contributed by atoms with Gasteiger partial charge < -0.3 is 20.4 Å². The van der Waals surface area contributed by atoms with E-state index in [0.29, 0.717) is 48.9 Å². The Morgan fingerprint density at radius 2 is 1.62 bits per heavy atom. The summed E-state index contributed by atoms with van der Waals surface area (Å²) in [6, 6.07) is 7.88. The molecule has 0 saturated carbocycles. The summed E-state index contributed by atoms with van der Waals surface area (Å²) in [6.45, 7) is 1.11. The molecule has 178 valence electrons. The van der Waals surface area contributed by atoms with Gasteiger partial charge in [-0.05, 0) is 37.8 Å². The van der Waals surface area contributed by atoms with Crippen LogP contribution < -0.4 is 10.6 Å². The fourth-order valence-electron chi connectivity index (χ4n) is 4.46. The van der Waals surface area contributed by atoms with E-state index in [0.717, 1.165) is 12.8 Å². The zero-order valence-electron chi connectivity index (χ0n) is 18.8. The molecule has 10 heteroatoms. The predicted octanol–water partition coefficient (Wildman–Crippen LogP) is 0.263. The average Bonchev–Trinajstić information content (AvgIpc) is 3.57. The summed E-state index contributed by atoms with van der Waals surface area (Å²) in [4.78, 5) is 69.8. The molecule has 0 bridgehead atoms. The second-order valence-electron chi connectivity index (χ2n) is 8.44. The molecule has 2 saturated heterocycles. The van der Waals surface area contributed by atoms with Crippen LogP contribution in [0.1, 0.15) is 36.0 Å². The maximum atomic E-state index is 12.8. The molecular weight excluding hydrogens is 438 g/mol. The van der Waals surface area contributed by atoms with Crippen LogP contribution in [0.2, 0.25) is 0 Å². The highest BCUT2D eigenvalue weighted by Gasteiger charge is 2.37. The number of carbonyl (C=O) groups excluding carboxylic acids is 5. The quantitative estimate of drug-likeness (QED) is 0.565. The minimum atomic E-state index is -0.895. The first-order valence-electron chi connectivity index (χ1n) is 11.5. The second kappa shape index (κ2) is 10.4. The normalized spacial score (nSPS) is 17.6. The number of hydrogen-bond donors (Lipinski definition) is 2. The number of hydrogen-bond acceptors (Lipinski definition) is 6. The predicted molar refractivity (Wildman–Crippen MR) is 123 cm³/mol. The van der Waals surface area contributed by atoms with Gasteiger partial charge in [-0.1, -0.05) is 18.2 Å². The van der Waals surface area contributed by atoms with Crippen molar-refractivity contribution in [3.8, 4) is 0 Å². The average molecular weight is 466 g/mol. The lowest BCUT2D eigenvalue weighted by Crippen LogP contribution is -2.50. The number of para-hydroxylation sites is 1. The van der Waals surface area contributed by atoms with Crippen molar-refractivity contribution in [1.82, 2.24) is 25.4 Å². The lowest BCUT2D eigenvalue weighted by Gasteiger charge is -2.23. The molecule has 2 aliphatic rings. The summed E-state index contributed by atoms with van der Waals surface area (Å²) < 4.78 is 0. The third-order valence-electron chi connectivity index (χ3n) is 6.25. The molecule has 0 spiro atoms. The SMILES string of the molecule is O=C(NCC(=O)N1CCCC1)C(=O)[C@@H]1CCCN1C(=O)CNC(=O)c1ccnc2ccccc12. The van der Waals surface area contributed by atoms with Crippen molar-refractivity contribution >= 4 is 40.3 Å². The van der Waals surface area contributed by atoms with Crippen LogP contribution in [0.5, 0.6) is 0 Å². The van der Waals surface area contributed by atoms with Crippen molar-refractivity contribution in [1.29, 1.82) is 0 Å². The minimum Gasteiger partial charge on any atom is -0.343 e. The van der Waals surface area contributed by atoms with E-state index < -0.39 is 29.5 Å². The lowest BCUT2D eigenvalue weighted by atomic mass is 10.1. The molecule has 0 aliphatic carbocycles. The summed E-state index contributed by atoms with van der Waals surface area (Å²) >= 11 is 0. The molecule has 2 aliphatic heterocycles. The van der Waals surface area contributed by atoms with E-state index in [1.165, 1.54) is 11.1 Å². The number of fused-ring (bicyclic) bond motifs is 1. The van der Waals surface area contributed by atoms with Crippen molar-refractivity contribution in [3.63, 3.8) is 0 Å². The van der Waals surface area contributed by atoms with E-state index >= 15 is 0 Å². The molecule has 1 aromatic carbocycles. The Morgan fingerprint density at radius 1 is 0.882 bits per heavy atom. The van der Waals surface area contributed by atoms with E-state index in [9.17, 15) is 24.0 Å². The van der Waals surface area contributed by atoms with Gasteiger partial charge in [-0.2, -0.15) is 0 Å². The van der Waals surface area contributed by atoms with Crippen molar-refractivity contribution in [2.45, 2.75) is 31.7 Å². The fourth-order valence-corrected chi connectivity index (χ4v) is 4.46. The number of nitrogens with one attached hydrogen (secondary N) is 2. The summed E-state index contributed by atoms with van der Waals surface area (Å²) in [5.41, 5.74) is 1.07. The van der Waals surface area contributed by atoms with E-state index in [1.807, 2.05) is 6.07 Å². The van der Waals surface area contributed by atoms with Gasteiger partial charge in [0.05, 0.1) is 24.2 Å². The number of amides is 4. The number of ketones is 1.